The molecule has 5 aromatic carbocycles. The van der Waals surface area contributed by atoms with Gasteiger partial charge in [0.1, 0.15) is 89.5 Å². The van der Waals surface area contributed by atoms with Crippen molar-refractivity contribution in [1.29, 1.82) is 0 Å². The van der Waals surface area contributed by atoms with Crippen molar-refractivity contribution in [3.8, 4) is 57.1 Å². The quantitative estimate of drug-likeness (QED) is 0.0474. The molecule has 93 heavy (non-hydrogen) atoms. The number of ether oxygens (including phenoxy) is 4. The Morgan fingerprint density at radius 3 is 1.89 bits per heavy atom. The van der Waals surface area contributed by atoms with E-state index in [4.69, 9.17) is 53.4 Å². The van der Waals surface area contributed by atoms with E-state index in [1.165, 1.54) is 19.2 Å². The Labute approximate surface area is 535 Å². The molecule has 6 aliphatic rings. The van der Waals surface area contributed by atoms with Crippen molar-refractivity contribution < 1.29 is 103 Å². The van der Waals surface area contributed by atoms with Gasteiger partial charge in [0.15, 0.2) is 17.5 Å². The molecule has 14 atom stereocenters. The maximum Gasteiger partial charge on any atom is 0.330 e. The third kappa shape index (κ3) is 14.5. The molecule has 6 aliphatic heterocycles. The first-order chi connectivity index (χ1) is 44.1. The molecule has 5 aromatic rings. The highest BCUT2D eigenvalue weighted by molar-refractivity contribution is 6.32. The Balaban J connectivity index is 1.32. The van der Waals surface area contributed by atoms with Gasteiger partial charge in [-0.2, -0.15) is 0 Å². The van der Waals surface area contributed by atoms with E-state index in [0.29, 0.717) is 0 Å². The Hall–Kier alpha value is -9.73. The summed E-state index contributed by atoms with van der Waals surface area (Å²) in [5.74, 6) is -16.0. The van der Waals surface area contributed by atoms with Gasteiger partial charge in [-0.15, -0.1) is 0 Å². The van der Waals surface area contributed by atoms with Crippen LogP contribution in [0.5, 0.6) is 46.0 Å². The van der Waals surface area contributed by atoms with Gasteiger partial charge in [0.25, 0.3) is 0 Å². The largest absolute Gasteiger partial charge is 0.508 e. The van der Waals surface area contributed by atoms with Gasteiger partial charge in [-0.25, -0.2) is 4.79 Å². The van der Waals surface area contributed by atoms with E-state index in [-0.39, 0.29) is 39.8 Å². The third-order valence-corrected chi connectivity index (χ3v) is 16.1. The van der Waals surface area contributed by atoms with Crippen LogP contribution < -0.4 is 57.2 Å². The number of amides is 7. The fourth-order valence-electron chi connectivity index (χ4n) is 10.8. The van der Waals surface area contributed by atoms with E-state index < -0.39 is 213 Å². The molecule has 0 aromatic heterocycles. The van der Waals surface area contributed by atoms with Crippen LogP contribution in [-0.4, -0.2) is 162 Å². The van der Waals surface area contributed by atoms with Crippen LogP contribution in [0.2, 0.25) is 10.0 Å². The minimum Gasteiger partial charge on any atom is -0.508 e. The number of carboxylic acids is 1. The van der Waals surface area contributed by atoms with Crippen LogP contribution in [0, 0.1) is 5.92 Å². The molecule has 1 saturated heterocycles. The van der Waals surface area contributed by atoms with E-state index in [2.05, 4.69) is 47.2 Å². The van der Waals surface area contributed by atoms with E-state index in [1.54, 1.807) is 0 Å². The molecule has 34 heteroatoms. The van der Waals surface area contributed by atoms with Crippen molar-refractivity contribution in [2.24, 2.45) is 16.8 Å². The van der Waals surface area contributed by atoms with Gasteiger partial charge in [0, 0.05) is 27.7 Å². The molecule has 7 amide bonds. The smallest absolute Gasteiger partial charge is 0.330 e. The number of fused-ring (bicyclic) bond motifs is 15. The summed E-state index contributed by atoms with van der Waals surface area (Å²) in [7, 11) is 1.47. The summed E-state index contributed by atoms with van der Waals surface area (Å²) in [5.41, 5.74) is 12.0. The fraction of sp³-hybridized carbons (Fsp3) is 0.356. The lowest BCUT2D eigenvalue weighted by Crippen LogP contribution is -2.59. The molecule has 11 bridgehead atoms. The number of aliphatic hydroxyl groups excluding tert-OH is 5. The summed E-state index contributed by atoms with van der Waals surface area (Å²) in [5, 5.41) is 122. The summed E-state index contributed by atoms with van der Waals surface area (Å²) in [6, 6.07) is -0.744. The van der Waals surface area contributed by atoms with Gasteiger partial charge in [-0.3, -0.25) is 33.6 Å². The van der Waals surface area contributed by atoms with Gasteiger partial charge >= 0.3 is 5.97 Å². The molecule has 0 aliphatic carbocycles. The van der Waals surface area contributed by atoms with Gasteiger partial charge in [-0.1, -0.05) is 60.4 Å². The van der Waals surface area contributed by atoms with Gasteiger partial charge in [0.05, 0.1) is 35.2 Å². The number of benzene rings is 5. The lowest BCUT2D eigenvalue weighted by Gasteiger charge is -2.40. The van der Waals surface area contributed by atoms with Crippen LogP contribution in [0.15, 0.2) is 84.0 Å². The highest BCUT2D eigenvalue weighted by Gasteiger charge is 2.47. The number of nitrogens with one attached hydrogen (secondary N) is 7. The van der Waals surface area contributed by atoms with Crippen molar-refractivity contribution in [3.63, 3.8) is 0 Å². The summed E-state index contributed by atoms with van der Waals surface area (Å²) in [6.45, 7) is 2.98. The molecule has 0 radical (unpaired) electrons. The van der Waals surface area contributed by atoms with E-state index in [9.17, 15) is 69.9 Å². The summed E-state index contributed by atoms with van der Waals surface area (Å²) < 4.78 is 25.1. The third-order valence-electron chi connectivity index (χ3n) is 15.5. The number of phenols is 3. The number of rotatable bonds is 12. The first-order valence-corrected chi connectivity index (χ1v) is 29.1. The SMILES string of the molecule is CN[C@H](CC(C)C)C(=O)N[C@H]1C(=O)N[C@@H](CC(N)=O)C(=O)N[C@H]2C(=O)N[C@H]3C(=O)N[C@H](C(=O)N[C@H](C(=O)O)c4cc(O)cc(O)c4-c4cc3ccc4O)C(O)c3ccc(c(Cl)c3)Oc3cc2cc(c3O[C@@H]2O[C@H](CN=[N+]=[N-])[C@@H](O)[C@H](O)[C@H]2O)Oc2ccc(cc2Cl)[C@H]1O. The van der Waals surface area contributed by atoms with Crippen LogP contribution in [0.4, 0.5) is 0 Å². The number of carbonyl (C=O) groups excluding carboxylic acids is 7. The van der Waals surface area contributed by atoms with Crippen molar-refractivity contribution in [1.82, 2.24) is 37.2 Å². The van der Waals surface area contributed by atoms with Crippen molar-refractivity contribution >= 4 is 70.5 Å². The second kappa shape index (κ2) is 28.0. The molecule has 6 heterocycles. The zero-order valence-electron chi connectivity index (χ0n) is 48.9. The zero-order valence-corrected chi connectivity index (χ0v) is 50.4. The minimum atomic E-state index is -2.32. The second-order valence-corrected chi connectivity index (χ2v) is 23.2. The maximum absolute atomic E-state index is 15.8. The number of hydrogen-bond donors (Lipinski definition) is 17. The number of aliphatic carboxylic acids is 1. The highest BCUT2D eigenvalue weighted by Crippen LogP contribution is 2.49. The Bertz CT molecular complexity index is 3880. The molecule has 1 fully saturated rings. The van der Waals surface area contributed by atoms with Gasteiger partial charge < -0.3 is 108 Å². The molecule has 0 spiro atoms. The number of hydrogen-bond acceptors (Lipinski definition) is 22. The Morgan fingerprint density at radius 2 is 1.30 bits per heavy atom. The number of aliphatic hydroxyl groups is 5. The first kappa shape index (κ1) is 67.7. The number of azide groups is 1. The number of nitrogens with two attached hydrogens (primary N) is 1. The number of aromatic hydroxyl groups is 3. The highest BCUT2D eigenvalue weighted by atomic mass is 35.5. The standard InChI is InChI=1S/C59H61Cl2N11O21/c1-20(2)10-30(64-3)52(82)70-44-46(77)22-5-8-34(28(60)12-22)90-36-14-24-15-37(51(36)93-59-50(81)49(80)48(79)38(92-59)19-65-72-63)91-35-9-6-23(13-29(35)61)47(78)45-57(87)69-43(58(88)89)27-16-25(73)17-33(75)40(27)26-11-21(4-7-32(26)74)41(54(84)71-45)68-55(85)42(24)67-53(83)31(18-39(62)76)66-56(44)86/h4-9,11-17,20,30-31,38,41-50,59,64,73-75,77-81H,10,18-19H2,1-3H3,(H2,62,76)(H,66,86)(H,67,83)(H,68,85)(H,69,87)(H,70,82)(H,71,84)(H,88,89)/t30-,31+,38-,41-,42-,43+,44-,45+,46-,47?,48-,49+,50-,59+/m1/s1. The predicted molar refractivity (Wildman–Crippen MR) is 320 cm³/mol. The fourth-order valence-corrected chi connectivity index (χ4v) is 11.3. The molecule has 492 valence electrons. The number of phenolic OH excluding ortho intramolecular Hbond substituents is 3. The molecule has 32 nitrogen and oxygen atoms in total. The average Bonchev–Trinajstić information content (AvgIpc) is 0.780. The number of likely N-dealkylation sites (N-methyl/N-ethyl adjacent to an activating group) is 1. The van der Waals surface area contributed by atoms with Crippen molar-refractivity contribution in [2.45, 2.75) is 112 Å². The topological polar surface area (TPSA) is 515 Å². The number of carboxylic acid groups (broad SMARTS) is 1. The lowest BCUT2D eigenvalue weighted by atomic mass is 9.89. The maximum atomic E-state index is 15.8. The molecular weight excluding hydrogens is 1270 g/mol. The Kier molecular flexibility index (Phi) is 20.4. The Morgan fingerprint density at radius 1 is 0.699 bits per heavy atom. The number of halogens is 2. The van der Waals surface area contributed by atoms with E-state index in [0.717, 1.165) is 66.7 Å². The van der Waals surface area contributed by atoms with Gasteiger partial charge in [-0.05, 0) is 102 Å². The first-order valence-electron chi connectivity index (χ1n) is 28.3. The van der Waals surface area contributed by atoms with Gasteiger partial charge in [0.2, 0.25) is 53.4 Å². The average molecular weight is 1330 g/mol. The predicted octanol–water partition coefficient (Wildman–Crippen LogP) is 1.19. The van der Waals surface area contributed by atoms with E-state index in [1.807, 2.05) is 13.8 Å². The van der Waals surface area contributed by atoms with Crippen molar-refractivity contribution in [3.05, 3.63) is 127 Å². The monoisotopic (exact) mass is 1330 g/mol. The van der Waals surface area contributed by atoms with Crippen LogP contribution in [0.1, 0.15) is 84.8 Å². The molecular formula is C59H61Cl2N11O21. The molecule has 0 saturated carbocycles. The number of carbonyl (C=O) groups is 8. The van der Waals surface area contributed by atoms with E-state index >= 15 is 14.4 Å². The number of nitrogens with zero attached hydrogens (tertiary/aromatic N) is 3. The van der Waals surface area contributed by atoms with Crippen LogP contribution in [-0.2, 0) is 43.1 Å². The molecule has 1 unspecified atom stereocenters. The zero-order chi connectivity index (χ0) is 67.6. The second-order valence-electron chi connectivity index (χ2n) is 22.4. The van der Waals surface area contributed by atoms with Crippen LogP contribution in [0.3, 0.4) is 0 Å². The summed E-state index contributed by atoms with van der Waals surface area (Å²) in [4.78, 5) is 118. The molecule has 18 N–H and O–H groups in total. The number of primary amides is 1. The van der Waals surface area contributed by atoms with Crippen LogP contribution in [0.25, 0.3) is 21.6 Å². The van der Waals surface area contributed by atoms with Crippen molar-refractivity contribution in [2.75, 3.05) is 13.6 Å². The molecule has 11 rings (SSSR count). The summed E-state index contributed by atoms with van der Waals surface area (Å²) >= 11 is 13.9. The minimum absolute atomic E-state index is 0.0884. The van der Waals surface area contributed by atoms with Crippen LogP contribution >= 0.6 is 23.2 Å². The summed E-state index contributed by atoms with van der Waals surface area (Å²) in [6.07, 6.45) is -14.9. The lowest BCUT2D eigenvalue weighted by molar-refractivity contribution is -0.270. The normalized spacial score (nSPS) is 25.8.